The summed E-state index contributed by atoms with van der Waals surface area (Å²) >= 11 is 0. The lowest BCUT2D eigenvalue weighted by molar-refractivity contribution is 0.129. The van der Waals surface area contributed by atoms with Gasteiger partial charge in [0, 0.05) is 25.7 Å². The summed E-state index contributed by atoms with van der Waals surface area (Å²) in [5.74, 6) is 0. The second kappa shape index (κ2) is 3.93. The third kappa shape index (κ3) is 2.10. The highest BCUT2D eigenvalue weighted by Gasteiger charge is 2.21. The third-order valence-electron chi connectivity index (χ3n) is 1.86. The number of amides is 1. The lowest BCUT2D eigenvalue weighted by atomic mass is 10.1. The van der Waals surface area contributed by atoms with Crippen molar-refractivity contribution in [3.05, 3.63) is 0 Å². The van der Waals surface area contributed by atoms with Gasteiger partial charge in [-0.3, -0.25) is 0 Å². The molecule has 5 nitrogen and oxygen atoms in total. The Morgan fingerprint density at radius 1 is 1.83 bits per heavy atom. The van der Waals surface area contributed by atoms with E-state index < -0.39 is 6.09 Å². The first kappa shape index (κ1) is 8.81. The molecule has 0 bridgehead atoms. The number of rotatable bonds is 1. The van der Waals surface area contributed by atoms with Gasteiger partial charge < -0.3 is 15.3 Å². The normalized spacial score (nSPS) is 23.2. The van der Waals surface area contributed by atoms with Crippen LogP contribution in [-0.4, -0.2) is 41.8 Å². The Morgan fingerprint density at radius 3 is 3.17 bits per heavy atom. The molecule has 1 amide bonds. The van der Waals surface area contributed by atoms with E-state index >= 15 is 0 Å². The van der Waals surface area contributed by atoms with Gasteiger partial charge in [-0.05, 0) is 0 Å². The summed E-state index contributed by atoms with van der Waals surface area (Å²) in [4.78, 5) is 11.9. The fraction of sp³-hybridized carbons (Fsp3) is 0.714. The van der Waals surface area contributed by atoms with E-state index in [0.717, 1.165) is 0 Å². The highest BCUT2D eigenvalue weighted by Crippen LogP contribution is 2.01. The number of carboxylic acid groups (broad SMARTS) is 1. The molecule has 0 radical (unpaired) electrons. The molecule has 1 fully saturated rings. The van der Waals surface area contributed by atoms with Crippen molar-refractivity contribution in [2.75, 3.05) is 19.6 Å². The zero-order chi connectivity index (χ0) is 8.97. The van der Waals surface area contributed by atoms with E-state index in [-0.39, 0.29) is 6.04 Å². The van der Waals surface area contributed by atoms with Crippen LogP contribution in [0.5, 0.6) is 0 Å². The Kier molecular flexibility index (Phi) is 2.88. The molecule has 66 valence electrons. The second-order valence-electron chi connectivity index (χ2n) is 2.74. The van der Waals surface area contributed by atoms with Gasteiger partial charge in [0.25, 0.3) is 0 Å². The van der Waals surface area contributed by atoms with Crippen molar-refractivity contribution in [2.24, 2.45) is 0 Å². The fourth-order valence-corrected chi connectivity index (χ4v) is 1.25. The Hall–Kier alpha value is -1.28. The number of hydrogen-bond acceptors (Lipinski definition) is 3. The van der Waals surface area contributed by atoms with E-state index in [0.29, 0.717) is 26.1 Å². The molecule has 1 aliphatic rings. The van der Waals surface area contributed by atoms with Gasteiger partial charge in [-0.2, -0.15) is 5.26 Å². The molecule has 1 heterocycles. The Labute approximate surface area is 70.6 Å². The van der Waals surface area contributed by atoms with Crippen LogP contribution < -0.4 is 5.32 Å². The number of nitrogens with zero attached hydrogens (tertiary/aromatic N) is 2. The monoisotopic (exact) mass is 169 g/mol. The fourth-order valence-electron chi connectivity index (χ4n) is 1.25. The minimum absolute atomic E-state index is 0.000139. The Morgan fingerprint density at radius 2 is 2.58 bits per heavy atom. The number of hydrogen-bond donors (Lipinski definition) is 2. The molecule has 1 saturated heterocycles. The highest BCUT2D eigenvalue weighted by atomic mass is 16.4. The van der Waals surface area contributed by atoms with Crippen molar-refractivity contribution in [1.29, 1.82) is 5.26 Å². The van der Waals surface area contributed by atoms with Gasteiger partial charge in [0.05, 0.1) is 12.5 Å². The molecule has 0 aliphatic carbocycles. The molecule has 0 spiro atoms. The number of nitrogens with one attached hydrogen (secondary N) is 1. The van der Waals surface area contributed by atoms with Gasteiger partial charge in [0.15, 0.2) is 0 Å². The molecule has 1 atom stereocenters. The molecule has 0 aromatic heterocycles. The van der Waals surface area contributed by atoms with Crippen molar-refractivity contribution in [3.8, 4) is 6.07 Å². The zero-order valence-electron chi connectivity index (χ0n) is 6.66. The summed E-state index contributed by atoms with van der Waals surface area (Å²) in [6, 6.07) is 2.01. The standard InChI is InChI=1S/C7H11N3O2/c8-2-1-6-5-10(7(11)12)4-3-9-6/h6,9H,1,3-5H2,(H,11,12)/t6-/m1/s1. The number of piperazine rings is 1. The first-order valence-corrected chi connectivity index (χ1v) is 3.82. The van der Waals surface area contributed by atoms with E-state index in [4.69, 9.17) is 10.4 Å². The van der Waals surface area contributed by atoms with E-state index in [1.165, 1.54) is 4.90 Å². The van der Waals surface area contributed by atoms with Crippen LogP contribution in [0, 0.1) is 11.3 Å². The average molecular weight is 169 g/mol. The van der Waals surface area contributed by atoms with Crippen LogP contribution >= 0.6 is 0 Å². The predicted octanol–water partition coefficient (Wildman–Crippen LogP) is -0.148. The van der Waals surface area contributed by atoms with Crippen LogP contribution in [-0.2, 0) is 0 Å². The third-order valence-corrected chi connectivity index (χ3v) is 1.86. The average Bonchev–Trinajstić information content (AvgIpc) is 2.05. The maximum absolute atomic E-state index is 10.5. The van der Waals surface area contributed by atoms with Gasteiger partial charge in [-0.1, -0.05) is 0 Å². The van der Waals surface area contributed by atoms with E-state index in [9.17, 15) is 4.79 Å². The van der Waals surface area contributed by atoms with Crippen molar-refractivity contribution < 1.29 is 9.90 Å². The molecule has 1 aliphatic heterocycles. The molecular formula is C7H11N3O2. The molecule has 0 unspecified atom stereocenters. The summed E-state index contributed by atoms with van der Waals surface area (Å²) in [7, 11) is 0. The first-order valence-electron chi connectivity index (χ1n) is 3.82. The topological polar surface area (TPSA) is 76.4 Å². The summed E-state index contributed by atoms with van der Waals surface area (Å²) in [5.41, 5.74) is 0. The van der Waals surface area contributed by atoms with Crippen LogP contribution in [0.4, 0.5) is 4.79 Å². The molecule has 0 aromatic rings. The van der Waals surface area contributed by atoms with Crippen molar-refractivity contribution in [2.45, 2.75) is 12.5 Å². The number of carbonyl (C=O) groups is 1. The predicted molar refractivity (Wildman–Crippen MR) is 41.6 cm³/mol. The maximum atomic E-state index is 10.5. The van der Waals surface area contributed by atoms with E-state index in [2.05, 4.69) is 5.32 Å². The van der Waals surface area contributed by atoms with Crippen LogP contribution in [0.3, 0.4) is 0 Å². The molecule has 1 rings (SSSR count). The van der Waals surface area contributed by atoms with Gasteiger partial charge in [0.1, 0.15) is 0 Å². The molecule has 2 N–H and O–H groups in total. The molecule has 12 heavy (non-hydrogen) atoms. The minimum atomic E-state index is -0.903. The largest absolute Gasteiger partial charge is 0.465 e. The lowest BCUT2D eigenvalue weighted by Gasteiger charge is -2.30. The van der Waals surface area contributed by atoms with Crippen molar-refractivity contribution in [3.63, 3.8) is 0 Å². The Balaban J connectivity index is 2.41. The Bertz CT molecular complexity index is 211. The summed E-state index contributed by atoms with van der Waals surface area (Å²) < 4.78 is 0. The molecule has 0 saturated carbocycles. The molecule has 0 aromatic carbocycles. The van der Waals surface area contributed by atoms with E-state index in [1.54, 1.807) is 0 Å². The van der Waals surface area contributed by atoms with Crippen LogP contribution in [0.2, 0.25) is 0 Å². The van der Waals surface area contributed by atoms with Gasteiger partial charge in [0.2, 0.25) is 0 Å². The summed E-state index contributed by atoms with van der Waals surface area (Å²) in [6.45, 7) is 1.57. The van der Waals surface area contributed by atoms with Crippen LogP contribution in [0.25, 0.3) is 0 Å². The van der Waals surface area contributed by atoms with E-state index in [1.807, 2.05) is 6.07 Å². The highest BCUT2D eigenvalue weighted by molar-refractivity contribution is 5.65. The zero-order valence-corrected chi connectivity index (χ0v) is 6.66. The van der Waals surface area contributed by atoms with Gasteiger partial charge >= 0.3 is 6.09 Å². The SMILES string of the molecule is N#CC[C@@H]1CN(C(=O)O)CCN1. The molecule has 5 heteroatoms. The smallest absolute Gasteiger partial charge is 0.407 e. The van der Waals surface area contributed by atoms with Crippen LogP contribution in [0.1, 0.15) is 6.42 Å². The summed E-state index contributed by atoms with van der Waals surface area (Å²) in [6.07, 6.45) is -0.538. The van der Waals surface area contributed by atoms with Gasteiger partial charge in [-0.15, -0.1) is 0 Å². The molecular weight excluding hydrogens is 158 g/mol. The quantitative estimate of drug-likeness (QED) is 0.572. The maximum Gasteiger partial charge on any atom is 0.407 e. The second-order valence-corrected chi connectivity index (χ2v) is 2.74. The van der Waals surface area contributed by atoms with Crippen molar-refractivity contribution in [1.82, 2.24) is 10.2 Å². The first-order chi connectivity index (χ1) is 5.74. The minimum Gasteiger partial charge on any atom is -0.465 e. The van der Waals surface area contributed by atoms with Crippen LogP contribution in [0.15, 0.2) is 0 Å². The summed E-state index contributed by atoms with van der Waals surface area (Å²) in [5, 5.41) is 20.1. The van der Waals surface area contributed by atoms with Gasteiger partial charge in [-0.25, -0.2) is 4.79 Å². The van der Waals surface area contributed by atoms with Crippen molar-refractivity contribution >= 4 is 6.09 Å². The number of nitriles is 1. The lowest BCUT2D eigenvalue weighted by Crippen LogP contribution is -2.52.